The molecule has 3 heterocycles. The standard InChI is InChI=1S/C17H20N4O4/c1-9-11(16(23)21-14(19-9)4-5-18-21)6-15(22)20-7-12(10-2-3-10)13(8-20)17(24)25/h4-5,10,12-13,18H,2-3,6-8H2,1H3,(H,24,25)/t12-,13+/m1/s1. The minimum absolute atomic E-state index is 0.0349. The van der Waals surface area contributed by atoms with Crippen molar-refractivity contribution in [1.29, 1.82) is 0 Å². The molecule has 132 valence electrons. The van der Waals surface area contributed by atoms with E-state index in [1.807, 2.05) is 0 Å². The molecule has 1 aliphatic carbocycles. The maximum atomic E-state index is 12.7. The summed E-state index contributed by atoms with van der Waals surface area (Å²) in [6.45, 7) is 2.42. The molecule has 0 radical (unpaired) electrons. The van der Waals surface area contributed by atoms with Crippen molar-refractivity contribution in [2.24, 2.45) is 17.8 Å². The van der Waals surface area contributed by atoms with Crippen molar-refractivity contribution in [2.75, 3.05) is 13.1 Å². The molecule has 0 aromatic carbocycles. The van der Waals surface area contributed by atoms with Crippen molar-refractivity contribution in [1.82, 2.24) is 19.5 Å². The number of carboxylic acids is 1. The van der Waals surface area contributed by atoms with Gasteiger partial charge in [-0.15, -0.1) is 0 Å². The number of nitrogens with one attached hydrogen (secondary N) is 1. The van der Waals surface area contributed by atoms with Crippen molar-refractivity contribution in [3.8, 4) is 0 Å². The Morgan fingerprint density at radius 3 is 2.80 bits per heavy atom. The smallest absolute Gasteiger partial charge is 0.308 e. The number of aryl methyl sites for hydroxylation is 1. The van der Waals surface area contributed by atoms with Crippen LogP contribution in [0.25, 0.3) is 5.65 Å². The second-order valence-corrected chi connectivity index (χ2v) is 7.06. The van der Waals surface area contributed by atoms with Gasteiger partial charge in [-0.2, -0.15) is 0 Å². The van der Waals surface area contributed by atoms with Gasteiger partial charge in [0.25, 0.3) is 5.56 Å². The summed E-state index contributed by atoms with van der Waals surface area (Å²) in [5.74, 6) is -1.08. The number of aromatic amines is 1. The highest BCUT2D eigenvalue weighted by molar-refractivity contribution is 5.81. The fourth-order valence-corrected chi connectivity index (χ4v) is 3.87. The average molecular weight is 344 g/mol. The van der Waals surface area contributed by atoms with Gasteiger partial charge in [-0.25, -0.2) is 9.50 Å². The van der Waals surface area contributed by atoms with Crippen molar-refractivity contribution in [3.05, 3.63) is 33.9 Å². The maximum Gasteiger partial charge on any atom is 0.308 e. The Bertz CT molecular complexity index is 911. The molecule has 2 atom stereocenters. The number of carbonyl (C=O) groups is 2. The summed E-state index contributed by atoms with van der Waals surface area (Å²) in [4.78, 5) is 42.7. The summed E-state index contributed by atoms with van der Waals surface area (Å²) in [6.07, 6.45) is 3.66. The first-order chi connectivity index (χ1) is 12.0. The second-order valence-electron chi connectivity index (χ2n) is 7.06. The Hall–Kier alpha value is -2.64. The molecule has 25 heavy (non-hydrogen) atoms. The van der Waals surface area contributed by atoms with Crippen LogP contribution >= 0.6 is 0 Å². The van der Waals surface area contributed by atoms with Gasteiger partial charge in [0.2, 0.25) is 5.91 Å². The van der Waals surface area contributed by atoms with Gasteiger partial charge >= 0.3 is 5.97 Å². The van der Waals surface area contributed by atoms with Crippen LogP contribution in [0.15, 0.2) is 17.1 Å². The fraction of sp³-hybridized carbons (Fsp3) is 0.529. The minimum Gasteiger partial charge on any atom is -0.481 e. The summed E-state index contributed by atoms with van der Waals surface area (Å²) < 4.78 is 1.31. The van der Waals surface area contributed by atoms with Gasteiger partial charge in [0.15, 0.2) is 5.65 Å². The third-order valence-electron chi connectivity index (χ3n) is 5.44. The molecule has 0 unspecified atom stereocenters. The van der Waals surface area contributed by atoms with Gasteiger partial charge < -0.3 is 10.0 Å². The lowest BCUT2D eigenvalue weighted by atomic mass is 9.92. The molecule has 1 amide bonds. The van der Waals surface area contributed by atoms with E-state index in [0.29, 0.717) is 29.4 Å². The molecule has 8 heteroatoms. The molecule has 0 bridgehead atoms. The number of H-pyrrole nitrogens is 1. The van der Waals surface area contributed by atoms with Crippen LogP contribution in [-0.4, -0.2) is 49.6 Å². The summed E-state index contributed by atoms with van der Waals surface area (Å²) in [7, 11) is 0. The molecule has 2 aromatic heterocycles. The topological polar surface area (TPSA) is 108 Å². The molecule has 1 saturated carbocycles. The van der Waals surface area contributed by atoms with Gasteiger partial charge in [0.05, 0.1) is 12.3 Å². The molecule has 2 aromatic rings. The highest BCUT2D eigenvalue weighted by atomic mass is 16.4. The monoisotopic (exact) mass is 344 g/mol. The number of hydrogen-bond acceptors (Lipinski definition) is 4. The van der Waals surface area contributed by atoms with Crippen LogP contribution in [0.4, 0.5) is 0 Å². The molecule has 2 aliphatic rings. The van der Waals surface area contributed by atoms with Gasteiger partial charge in [-0.05, 0) is 31.6 Å². The van der Waals surface area contributed by atoms with Crippen molar-refractivity contribution in [2.45, 2.75) is 26.2 Å². The maximum absolute atomic E-state index is 12.7. The highest BCUT2D eigenvalue weighted by Gasteiger charge is 2.46. The third-order valence-corrected chi connectivity index (χ3v) is 5.44. The molecule has 0 spiro atoms. The highest BCUT2D eigenvalue weighted by Crippen LogP contribution is 2.44. The first-order valence-corrected chi connectivity index (χ1v) is 8.52. The van der Waals surface area contributed by atoms with E-state index in [9.17, 15) is 19.5 Å². The quantitative estimate of drug-likeness (QED) is 0.837. The summed E-state index contributed by atoms with van der Waals surface area (Å²) in [6, 6.07) is 1.69. The Kier molecular flexibility index (Phi) is 3.63. The van der Waals surface area contributed by atoms with E-state index < -0.39 is 11.9 Å². The van der Waals surface area contributed by atoms with E-state index in [-0.39, 0.29) is 30.3 Å². The van der Waals surface area contributed by atoms with Crippen LogP contribution in [0.3, 0.4) is 0 Å². The average Bonchev–Trinajstić information content (AvgIpc) is 3.13. The SMILES string of the molecule is Cc1nc2cc[nH]n2c(=O)c1CC(=O)N1C[C@H](C(=O)O)[C@@H](C2CC2)C1. The normalized spacial score (nSPS) is 23.3. The number of carbonyl (C=O) groups excluding carboxylic acids is 1. The van der Waals surface area contributed by atoms with Crippen molar-refractivity contribution < 1.29 is 14.7 Å². The molecule has 2 N–H and O–H groups in total. The zero-order valence-electron chi connectivity index (χ0n) is 13.9. The van der Waals surface area contributed by atoms with E-state index in [4.69, 9.17) is 0 Å². The van der Waals surface area contributed by atoms with Crippen LogP contribution < -0.4 is 5.56 Å². The summed E-state index contributed by atoms with van der Waals surface area (Å²) in [5, 5.41) is 12.2. The van der Waals surface area contributed by atoms with Crippen LogP contribution in [0.2, 0.25) is 0 Å². The Balaban J connectivity index is 1.56. The number of fused-ring (bicyclic) bond motifs is 1. The Morgan fingerprint density at radius 2 is 2.12 bits per heavy atom. The number of aliphatic carboxylic acids is 1. The van der Waals surface area contributed by atoms with E-state index in [1.54, 1.807) is 24.1 Å². The number of aromatic nitrogens is 3. The molecular formula is C17H20N4O4. The van der Waals surface area contributed by atoms with E-state index in [1.165, 1.54) is 4.52 Å². The summed E-state index contributed by atoms with van der Waals surface area (Å²) >= 11 is 0. The predicted molar refractivity (Wildman–Crippen MR) is 88.2 cm³/mol. The Labute approximate surface area is 143 Å². The first kappa shape index (κ1) is 15.9. The van der Waals surface area contributed by atoms with Gasteiger partial charge in [-0.1, -0.05) is 0 Å². The van der Waals surface area contributed by atoms with Crippen LogP contribution in [0.1, 0.15) is 24.1 Å². The number of likely N-dealkylation sites (tertiary alicyclic amines) is 1. The summed E-state index contributed by atoms with van der Waals surface area (Å²) in [5.41, 5.74) is 1.12. The first-order valence-electron chi connectivity index (χ1n) is 8.52. The molecule has 4 rings (SSSR count). The molecule has 1 aliphatic heterocycles. The number of amides is 1. The second kappa shape index (κ2) is 5.72. The number of rotatable bonds is 4. The number of carboxylic acid groups (broad SMARTS) is 1. The number of hydrogen-bond donors (Lipinski definition) is 2. The van der Waals surface area contributed by atoms with E-state index in [0.717, 1.165) is 12.8 Å². The van der Waals surface area contributed by atoms with Crippen LogP contribution in [-0.2, 0) is 16.0 Å². The molecular weight excluding hydrogens is 324 g/mol. The van der Waals surface area contributed by atoms with E-state index >= 15 is 0 Å². The van der Waals surface area contributed by atoms with Gasteiger partial charge in [0, 0.05) is 36.6 Å². The molecule has 1 saturated heterocycles. The predicted octanol–water partition coefficient (Wildman–Crippen LogP) is 0.443. The van der Waals surface area contributed by atoms with Crippen LogP contribution in [0.5, 0.6) is 0 Å². The van der Waals surface area contributed by atoms with Crippen molar-refractivity contribution in [3.63, 3.8) is 0 Å². The number of nitrogens with zero attached hydrogens (tertiary/aromatic N) is 3. The van der Waals surface area contributed by atoms with Gasteiger partial charge in [0.1, 0.15) is 0 Å². The minimum atomic E-state index is -0.835. The van der Waals surface area contributed by atoms with Crippen molar-refractivity contribution >= 4 is 17.5 Å². The fourth-order valence-electron chi connectivity index (χ4n) is 3.87. The van der Waals surface area contributed by atoms with Crippen LogP contribution in [0, 0.1) is 24.7 Å². The Morgan fingerprint density at radius 1 is 1.36 bits per heavy atom. The lowest BCUT2D eigenvalue weighted by Gasteiger charge is -2.16. The zero-order chi connectivity index (χ0) is 17.7. The largest absolute Gasteiger partial charge is 0.481 e. The third kappa shape index (κ3) is 2.71. The molecule has 2 fully saturated rings. The lowest BCUT2D eigenvalue weighted by Crippen LogP contribution is -2.34. The zero-order valence-corrected chi connectivity index (χ0v) is 13.9. The van der Waals surface area contributed by atoms with E-state index in [2.05, 4.69) is 10.1 Å². The van der Waals surface area contributed by atoms with Gasteiger partial charge in [-0.3, -0.25) is 19.5 Å². The molecule has 8 nitrogen and oxygen atoms in total. The lowest BCUT2D eigenvalue weighted by molar-refractivity contribution is -0.142.